The highest BCUT2D eigenvalue weighted by Gasteiger charge is 2.45. The summed E-state index contributed by atoms with van der Waals surface area (Å²) in [4.78, 5) is 42.8. The molecule has 0 spiro atoms. The number of carbonyl (C=O) groups is 3. The fourth-order valence-corrected chi connectivity index (χ4v) is 3.89. The molecule has 144 valence electrons. The van der Waals surface area contributed by atoms with Gasteiger partial charge in [-0.1, -0.05) is 42.5 Å². The van der Waals surface area contributed by atoms with Crippen LogP contribution >= 0.6 is 0 Å². The molecule has 4 rings (SSSR count). The first kappa shape index (κ1) is 18.2. The summed E-state index contributed by atoms with van der Waals surface area (Å²) < 4.78 is 0. The Labute approximate surface area is 164 Å². The first-order valence-corrected chi connectivity index (χ1v) is 9.49. The van der Waals surface area contributed by atoms with Crippen LogP contribution in [0.1, 0.15) is 17.3 Å². The zero-order valence-electron chi connectivity index (χ0n) is 16.0. The highest BCUT2D eigenvalue weighted by atomic mass is 16.2. The van der Waals surface area contributed by atoms with Gasteiger partial charge in [0.25, 0.3) is 5.91 Å². The second-order valence-corrected chi connectivity index (χ2v) is 7.37. The number of hydrogen-bond donors (Lipinski definition) is 0. The lowest BCUT2D eigenvalue weighted by atomic mass is 10.0. The second-order valence-electron chi connectivity index (χ2n) is 7.37. The average molecular weight is 377 g/mol. The van der Waals surface area contributed by atoms with Gasteiger partial charge in [0.2, 0.25) is 11.8 Å². The van der Waals surface area contributed by atoms with Gasteiger partial charge < -0.3 is 14.7 Å². The Morgan fingerprint density at radius 1 is 0.893 bits per heavy atom. The third-order valence-electron chi connectivity index (χ3n) is 5.76. The van der Waals surface area contributed by atoms with Crippen molar-refractivity contribution in [3.05, 3.63) is 60.2 Å². The lowest BCUT2D eigenvalue weighted by Gasteiger charge is -2.47. The molecule has 2 saturated heterocycles. The SMILES string of the molecule is C[C@H]1C(=O)N2CCN(C(=O)c3ccc(-c4ccccc4)cc3)C[C@@H]2C(=O)N1C. The van der Waals surface area contributed by atoms with Crippen LogP contribution in [-0.4, -0.2) is 71.2 Å². The van der Waals surface area contributed by atoms with Gasteiger partial charge in [-0.25, -0.2) is 0 Å². The molecule has 6 nitrogen and oxygen atoms in total. The number of piperazine rings is 2. The van der Waals surface area contributed by atoms with E-state index in [0.29, 0.717) is 18.7 Å². The molecule has 2 heterocycles. The first-order valence-electron chi connectivity index (χ1n) is 9.49. The number of amides is 3. The minimum absolute atomic E-state index is 0.0496. The van der Waals surface area contributed by atoms with E-state index in [-0.39, 0.29) is 24.3 Å². The third kappa shape index (κ3) is 3.05. The maximum absolute atomic E-state index is 13.0. The van der Waals surface area contributed by atoms with Crippen LogP contribution in [0.2, 0.25) is 0 Å². The van der Waals surface area contributed by atoms with Crippen molar-refractivity contribution >= 4 is 17.7 Å². The number of nitrogens with zero attached hydrogens (tertiary/aromatic N) is 3. The van der Waals surface area contributed by atoms with Crippen molar-refractivity contribution in [1.29, 1.82) is 0 Å². The predicted molar refractivity (Wildman–Crippen MR) is 106 cm³/mol. The van der Waals surface area contributed by atoms with Crippen molar-refractivity contribution in [2.45, 2.75) is 19.0 Å². The van der Waals surface area contributed by atoms with Gasteiger partial charge in [-0.05, 0) is 30.2 Å². The molecule has 2 fully saturated rings. The number of benzene rings is 2. The van der Waals surface area contributed by atoms with Crippen molar-refractivity contribution in [3.63, 3.8) is 0 Å². The van der Waals surface area contributed by atoms with Crippen molar-refractivity contribution in [3.8, 4) is 11.1 Å². The zero-order valence-corrected chi connectivity index (χ0v) is 16.0. The summed E-state index contributed by atoms with van der Waals surface area (Å²) in [6, 6.07) is 16.5. The van der Waals surface area contributed by atoms with Crippen molar-refractivity contribution in [2.24, 2.45) is 0 Å². The highest BCUT2D eigenvalue weighted by Crippen LogP contribution is 2.23. The summed E-state index contributed by atoms with van der Waals surface area (Å²) in [6.07, 6.45) is 0. The van der Waals surface area contributed by atoms with Crippen LogP contribution in [0.5, 0.6) is 0 Å². The topological polar surface area (TPSA) is 60.9 Å². The molecule has 2 aliphatic heterocycles. The lowest BCUT2D eigenvalue weighted by Crippen LogP contribution is -2.69. The van der Waals surface area contributed by atoms with Gasteiger partial charge in [0.05, 0.1) is 6.54 Å². The summed E-state index contributed by atoms with van der Waals surface area (Å²) >= 11 is 0. The summed E-state index contributed by atoms with van der Waals surface area (Å²) in [5, 5.41) is 0. The van der Waals surface area contributed by atoms with Crippen LogP contribution in [-0.2, 0) is 9.59 Å². The van der Waals surface area contributed by atoms with Gasteiger partial charge in [0, 0.05) is 25.7 Å². The molecule has 0 saturated carbocycles. The monoisotopic (exact) mass is 377 g/mol. The zero-order chi connectivity index (χ0) is 19.8. The lowest BCUT2D eigenvalue weighted by molar-refractivity contribution is -0.162. The number of fused-ring (bicyclic) bond motifs is 1. The average Bonchev–Trinajstić information content (AvgIpc) is 2.76. The summed E-state index contributed by atoms with van der Waals surface area (Å²) in [5.74, 6) is -0.267. The molecule has 0 unspecified atom stereocenters. The molecule has 2 aromatic rings. The highest BCUT2D eigenvalue weighted by molar-refractivity contribution is 5.99. The standard InChI is InChI=1S/C22H23N3O3/c1-15-20(26)25-13-12-24(14-19(25)22(28)23(15)2)21(27)18-10-8-17(9-11-18)16-6-4-3-5-7-16/h3-11,15,19H,12-14H2,1-2H3/t15-,19+/m0/s1. The smallest absolute Gasteiger partial charge is 0.253 e. The number of likely N-dealkylation sites (N-methyl/N-ethyl adjacent to an activating group) is 1. The van der Waals surface area contributed by atoms with Crippen LogP contribution in [0.3, 0.4) is 0 Å². The Morgan fingerprint density at radius 3 is 2.21 bits per heavy atom. The number of hydrogen-bond acceptors (Lipinski definition) is 3. The molecule has 0 aliphatic carbocycles. The van der Waals surface area contributed by atoms with Crippen LogP contribution in [0.25, 0.3) is 11.1 Å². The minimum Gasteiger partial charge on any atom is -0.334 e. The van der Waals surface area contributed by atoms with E-state index in [1.54, 1.807) is 23.8 Å². The largest absolute Gasteiger partial charge is 0.334 e. The van der Waals surface area contributed by atoms with Gasteiger partial charge in [-0.15, -0.1) is 0 Å². The van der Waals surface area contributed by atoms with Gasteiger partial charge >= 0.3 is 0 Å². The van der Waals surface area contributed by atoms with Crippen LogP contribution in [0, 0.1) is 0 Å². The van der Waals surface area contributed by atoms with Gasteiger partial charge in [0.1, 0.15) is 12.1 Å². The Bertz CT molecular complexity index is 910. The molecule has 2 aliphatic rings. The number of rotatable bonds is 2. The van der Waals surface area contributed by atoms with E-state index in [9.17, 15) is 14.4 Å². The van der Waals surface area contributed by atoms with E-state index in [0.717, 1.165) is 11.1 Å². The van der Waals surface area contributed by atoms with E-state index in [1.807, 2.05) is 54.6 Å². The molecule has 28 heavy (non-hydrogen) atoms. The van der Waals surface area contributed by atoms with E-state index in [2.05, 4.69) is 0 Å². The molecule has 3 amide bonds. The minimum atomic E-state index is -0.588. The number of carbonyl (C=O) groups excluding carboxylic acids is 3. The van der Waals surface area contributed by atoms with Crippen LogP contribution < -0.4 is 0 Å². The molecule has 6 heteroatoms. The molecule has 0 N–H and O–H groups in total. The molecule has 0 aromatic heterocycles. The summed E-state index contributed by atoms with van der Waals surface area (Å²) in [5.41, 5.74) is 2.73. The van der Waals surface area contributed by atoms with Crippen LogP contribution in [0.4, 0.5) is 0 Å². The van der Waals surface area contributed by atoms with Gasteiger partial charge in [-0.3, -0.25) is 14.4 Å². The van der Waals surface area contributed by atoms with E-state index in [4.69, 9.17) is 0 Å². The molecule has 0 bridgehead atoms. The molecular weight excluding hydrogens is 354 g/mol. The second kappa shape index (κ2) is 7.11. The maximum Gasteiger partial charge on any atom is 0.253 e. The van der Waals surface area contributed by atoms with Gasteiger partial charge in [-0.2, -0.15) is 0 Å². The normalized spacial score (nSPS) is 22.3. The molecule has 2 aromatic carbocycles. The quantitative estimate of drug-likeness (QED) is 0.803. The molecule has 0 radical (unpaired) electrons. The maximum atomic E-state index is 13.0. The predicted octanol–water partition coefficient (Wildman–Crippen LogP) is 1.87. The molecule has 2 atom stereocenters. The van der Waals surface area contributed by atoms with E-state index in [1.165, 1.54) is 4.90 Å². The summed E-state index contributed by atoms with van der Waals surface area (Å²) in [7, 11) is 1.64. The Kier molecular flexibility index (Phi) is 4.63. The van der Waals surface area contributed by atoms with Gasteiger partial charge in [0.15, 0.2) is 0 Å². The fraction of sp³-hybridized carbons (Fsp3) is 0.318. The van der Waals surface area contributed by atoms with Crippen molar-refractivity contribution < 1.29 is 14.4 Å². The third-order valence-corrected chi connectivity index (χ3v) is 5.76. The Morgan fingerprint density at radius 2 is 1.54 bits per heavy atom. The van der Waals surface area contributed by atoms with E-state index < -0.39 is 12.1 Å². The van der Waals surface area contributed by atoms with E-state index >= 15 is 0 Å². The van der Waals surface area contributed by atoms with Crippen LogP contribution in [0.15, 0.2) is 54.6 Å². The Hall–Kier alpha value is -3.15. The first-order chi connectivity index (χ1) is 13.5. The van der Waals surface area contributed by atoms with Crippen molar-refractivity contribution in [1.82, 2.24) is 14.7 Å². The fourth-order valence-electron chi connectivity index (χ4n) is 3.89. The summed E-state index contributed by atoms with van der Waals surface area (Å²) in [6.45, 7) is 2.80. The van der Waals surface area contributed by atoms with Crippen molar-refractivity contribution in [2.75, 3.05) is 26.7 Å². The molecular formula is C22H23N3O3. The Balaban J connectivity index is 1.50.